The summed E-state index contributed by atoms with van der Waals surface area (Å²) in [7, 11) is 2.83. The second-order valence-corrected chi connectivity index (χ2v) is 3.16. The fourth-order valence-corrected chi connectivity index (χ4v) is 1.32. The van der Waals surface area contributed by atoms with Crippen LogP contribution in [0.2, 0.25) is 0 Å². The van der Waals surface area contributed by atoms with E-state index in [1.807, 2.05) is 0 Å². The maximum absolute atomic E-state index is 11.6. The Labute approximate surface area is 92.8 Å². The summed E-state index contributed by atoms with van der Waals surface area (Å²) >= 11 is 0. The maximum Gasteiger partial charge on any atom is 0.359 e. The van der Waals surface area contributed by atoms with Gasteiger partial charge in [-0.1, -0.05) is 0 Å². The second kappa shape index (κ2) is 4.78. The fourth-order valence-electron chi connectivity index (χ4n) is 1.32. The Morgan fingerprint density at radius 1 is 1.50 bits per heavy atom. The molecule has 0 spiro atoms. The van der Waals surface area contributed by atoms with Gasteiger partial charge < -0.3 is 9.47 Å². The van der Waals surface area contributed by atoms with Crippen LogP contribution in [0.25, 0.3) is 0 Å². The molecular formula is C10H14N2O4. The number of carbonyl (C=O) groups is 1. The first kappa shape index (κ1) is 12.2. The van der Waals surface area contributed by atoms with Gasteiger partial charge in [0, 0.05) is 12.6 Å². The first-order chi connectivity index (χ1) is 7.52. The summed E-state index contributed by atoms with van der Waals surface area (Å²) in [5, 5.41) is 3.85. The number of hydrogen-bond acceptors (Lipinski definition) is 5. The third kappa shape index (κ3) is 2.05. The minimum Gasteiger partial charge on any atom is -0.491 e. The van der Waals surface area contributed by atoms with E-state index in [-0.39, 0.29) is 23.6 Å². The van der Waals surface area contributed by atoms with Crippen LogP contribution in [0.1, 0.15) is 23.0 Å². The number of aryl methyl sites for hydroxylation is 1. The van der Waals surface area contributed by atoms with Crippen molar-refractivity contribution >= 4 is 5.97 Å². The third-order valence-electron chi connectivity index (χ3n) is 2.11. The highest BCUT2D eigenvalue weighted by Crippen LogP contribution is 2.14. The van der Waals surface area contributed by atoms with E-state index in [2.05, 4.69) is 5.10 Å². The number of ether oxygens (including phenoxy) is 2. The van der Waals surface area contributed by atoms with Crippen LogP contribution in [-0.4, -0.2) is 29.5 Å². The second-order valence-electron chi connectivity index (χ2n) is 3.16. The Morgan fingerprint density at radius 2 is 2.12 bits per heavy atom. The number of rotatable bonds is 3. The van der Waals surface area contributed by atoms with Crippen molar-refractivity contribution in [2.45, 2.75) is 13.8 Å². The summed E-state index contributed by atoms with van der Waals surface area (Å²) in [4.78, 5) is 23.1. The molecule has 0 aromatic carbocycles. The minimum absolute atomic E-state index is 0.0980. The van der Waals surface area contributed by atoms with E-state index in [1.54, 1.807) is 13.8 Å². The molecule has 88 valence electrons. The normalized spacial score (nSPS) is 10.0. The molecular weight excluding hydrogens is 212 g/mol. The molecule has 16 heavy (non-hydrogen) atoms. The van der Waals surface area contributed by atoms with Crippen LogP contribution in [0.4, 0.5) is 0 Å². The van der Waals surface area contributed by atoms with E-state index in [9.17, 15) is 9.59 Å². The van der Waals surface area contributed by atoms with Crippen molar-refractivity contribution in [1.29, 1.82) is 0 Å². The van der Waals surface area contributed by atoms with Crippen molar-refractivity contribution < 1.29 is 14.3 Å². The van der Waals surface area contributed by atoms with Gasteiger partial charge in [-0.25, -0.2) is 9.48 Å². The van der Waals surface area contributed by atoms with Crippen molar-refractivity contribution in [3.05, 3.63) is 21.6 Å². The molecule has 1 heterocycles. The predicted octanol–water partition coefficient (Wildman–Crippen LogP) is 0.274. The van der Waals surface area contributed by atoms with Crippen molar-refractivity contribution in [2.75, 3.05) is 13.7 Å². The average molecular weight is 226 g/mol. The molecule has 0 atom stereocenters. The van der Waals surface area contributed by atoms with Gasteiger partial charge in [-0.15, -0.1) is 0 Å². The van der Waals surface area contributed by atoms with Crippen LogP contribution in [0.5, 0.6) is 5.75 Å². The van der Waals surface area contributed by atoms with E-state index >= 15 is 0 Å². The molecule has 6 nitrogen and oxygen atoms in total. The molecule has 0 saturated carbocycles. The summed E-state index contributed by atoms with van der Waals surface area (Å²) in [6.45, 7) is 3.55. The third-order valence-corrected chi connectivity index (χ3v) is 2.11. The lowest BCUT2D eigenvalue weighted by molar-refractivity contribution is 0.0514. The topological polar surface area (TPSA) is 70.4 Å². The Kier molecular flexibility index (Phi) is 3.65. The van der Waals surface area contributed by atoms with Crippen LogP contribution in [0.3, 0.4) is 0 Å². The van der Waals surface area contributed by atoms with Crippen LogP contribution in [-0.2, 0) is 11.8 Å². The number of carbonyl (C=O) groups excluding carboxylic acids is 1. The predicted molar refractivity (Wildman–Crippen MR) is 56.7 cm³/mol. The van der Waals surface area contributed by atoms with Crippen LogP contribution < -0.4 is 10.3 Å². The Hall–Kier alpha value is -1.85. The van der Waals surface area contributed by atoms with Gasteiger partial charge in [0.2, 0.25) is 0 Å². The smallest absolute Gasteiger partial charge is 0.359 e. The molecule has 0 N–H and O–H groups in total. The lowest BCUT2D eigenvalue weighted by Gasteiger charge is -2.09. The van der Waals surface area contributed by atoms with Gasteiger partial charge in [0.1, 0.15) is 0 Å². The summed E-state index contributed by atoms with van der Waals surface area (Å²) in [5.74, 6) is -0.450. The van der Waals surface area contributed by atoms with Gasteiger partial charge in [0.25, 0.3) is 0 Å². The fraction of sp³-hybridized carbons (Fsp3) is 0.500. The number of esters is 1. The number of nitrogens with zero attached hydrogens (tertiary/aromatic N) is 2. The number of methoxy groups -OCH3 is 1. The monoisotopic (exact) mass is 226 g/mol. The molecule has 0 amide bonds. The quantitative estimate of drug-likeness (QED) is 0.692. The highest BCUT2D eigenvalue weighted by atomic mass is 16.5. The van der Waals surface area contributed by atoms with Gasteiger partial charge in [-0.05, 0) is 13.8 Å². The summed E-state index contributed by atoms with van der Waals surface area (Å²) in [6.07, 6.45) is 0. The van der Waals surface area contributed by atoms with Gasteiger partial charge in [-0.3, -0.25) is 4.79 Å². The Morgan fingerprint density at radius 3 is 2.62 bits per heavy atom. The van der Waals surface area contributed by atoms with Crippen molar-refractivity contribution in [1.82, 2.24) is 9.78 Å². The molecule has 1 aromatic heterocycles. The lowest BCUT2D eigenvalue weighted by Crippen LogP contribution is -2.26. The zero-order valence-corrected chi connectivity index (χ0v) is 9.73. The SMILES string of the molecule is CCOC(=O)c1nn(C)c(=O)c(OC)c1C. The van der Waals surface area contributed by atoms with E-state index in [0.29, 0.717) is 5.56 Å². The van der Waals surface area contributed by atoms with E-state index in [0.717, 1.165) is 4.68 Å². The zero-order valence-electron chi connectivity index (χ0n) is 9.73. The van der Waals surface area contributed by atoms with Gasteiger partial charge >= 0.3 is 11.5 Å². The van der Waals surface area contributed by atoms with Crippen LogP contribution in [0, 0.1) is 6.92 Å². The highest BCUT2D eigenvalue weighted by Gasteiger charge is 2.19. The van der Waals surface area contributed by atoms with E-state index in [1.165, 1.54) is 14.2 Å². The zero-order chi connectivity index (χ0) is 12.3. The summed E-state index contributed by atoms with van der Waals surface area (Å²) in [5.41, 5.74) is 0.109. The molecule has 0 fully saturated rings. The minimum atomic E-state index is -0.561. The molecule has 1 aromatic rings. The van der Waals surface area contributed by atoms with Crippen molar-refractivity contribution in [3.63, 3.8) is 0 Å². The van der Waals surface area contributed by atoms with Crippen molar-refractivity contribution in [3.8, 4) is 5.75 Å². The number of aromatic nitrogens is 2. The molecule has 1 rings (SSSR count). The van der Waals surface area contributed by atoms with Crippen LogP contribution in [0.15, 0.2) is 4.79 Å². The molecule has 0 aliphatic heterocycles. The first-order valence-corrected chi connectivity index (χ1v) is 4.81. The maximum atomic E-state index is 11.6. The van der Waals surface area contributed by atoms with Crippen LogP contribution >= 0.6 is 0 Å². The van der Waals surface area contributed by atoms with Gasteiger partial charge in [-0.2, -0.15) is 5.10 Å². The number of hydrogen-bond donors (Lipinski definition) is 0. The molecule has 0 aliphatic rings. The first-order valence-electron chi connectivity index (χ1n) is 4.81. The summed E-state index contributed by atoms with van der Waals surface area (Å²) < 4.78 is 10.8. The highest BCUT2D eigenvalue weighted by molar-refractivity contribution is 5.89. The lowest BCUT2D eigenvalue weighted by atomic mass is 10.2. The Balaban J connectivity index is 3.37. The molecule has 0 saturated heterocycles. The summed E-state index contributed by atoms with van der Waals surface area (Å²) in [6, 6.07) is 0. The molecule has 6 heteroatoms. The molecule has 0 aliphatic carbocycles. The average Bonchev–Trinajstić information content (AvgIpc) is 2.24. The van der Waals surface area contributed by atoms with Gasteiger partial charge in [0.15, 0.2) is 11.4 Å². The largest absolute Gasteiger partial charge is 0.491 e. The standard InChI is InChI=1S/C10H14N2O4/c1-5-16-10(14)7-6(2)8(15-4)9(13)12(3)11-7/h5H2,1-4H3. The van der Waals surface area contributed by atoms with Crippen molar-refractivity contribution in [2.24, 2.45) is 7.05 Å². The van der Waals surface area contributed by atoms with E-state index in [4.69, 9.17) is 9.47 Å². The molecule has 0 radical (unpaired) electrons. The molecule has 0 bridgehead atoms. The molecule has 0 unspecified atom stereocenters. The Bertz CT molecular complexity index is 465. The van der Waals surface area contributed by atoms with E-state index < -0.39 is 5.97 Å². The van der Waals surface area contributed by atoms with Gasteiger partial charge in [0.05, 0.1) is 13.7 Å².